The number of nitrogens with one attached hydrogen (secondary N) is 2. The van der Waals surface area contributed by atoms with Gasteiger partial charge in [0.2, 0.25) is 0 Å². The number of aliphatic hydroxyl groups is 1. The summed E-state index contributed by atoms with van der Waals surface area (Å²) in [4.78, 5) is 28.9. The topological polar surface area (TPSA) is 135 Å². The fourth-order valence-corrected chi connectivity index (χ4v) is 4.64. The summed E-state index contributed by atoms with van der Waals surface area (Å²) in [6, 6.07) is 6.46. The van der Waals surface area contributed by atoms with E-state index in [2.05, 4.69) is 20.7 Å². The van der Waals surface area contributed by atoms with Gasteiger partial charge >= 0.3 is 0 Å². The number of carbonyl (C=O) groups is 2. The molecule has 2 amide bonds. The minimum atomic E-state index is -1.43. The van der Waals surface area contributed by atoms with Gasteiger partial charge in [0.15, 0.2) is 5.65 Å². The van der Waals surface area contributed by atoms with Crippen LogP contribution in [0.15, 0.2) is 42.7 Å². The van der Waals surface area contributed by atoms with E-state index >= 15 is 0 Å². The van der Waals surface area contributed by atoms with Gasteiger partial charge in [0, 0.05) is 23.7 Å². The minimum absolute atomic E-state index is 0.0605. The Bertz CT molecular complexity index is 1400. The largest absolute Gasteiger partial charge is 0.386 e. The minimum Gasteiger partial charge on any atom is -0.386 e. The van der Waals surface area contributed by atoms with Gasteiger partial charge in [-0.1, -0.05) is 0 Å². The summed E-state index contributed by atoms with van der Waals surface area (Å²) < 4.78 is 31.1. The fraction of sp³-hybridized carbons (Fsp3) is 0.250. The molecule has 0 aliphatic heterocycles. The molecule has 1 unspecified atom stereocenters. The highest BCUT2D eigenvalue weighted by molar-refractivity contribution is 7.19. The Morgan fingerprint density at radius 3 is 2.56 bits per heavy atom. The second kappa shape index (κ2) is 9.63. The van der Waals surface area contributed by atoms with Crippen LogP contribution in [-0.4, -0.2) is 44.1 Å². The number of nitrogens with zero attached hydrogens (tertiary/aromatic N) is 3. The Morgan fingerprint density at radius 1 is 1.25 bits per heavy atom. The second-order valence-electron chi connectivity index (χ2n) is 8.80. The standard InChI is InChI=1S/C24H24F2N6O3S/c1-12(30-22(34)17-11-32-19(31-17)5-4-6-29-32)10-28-23-14(21(27)33)9-18(36-23)20-15(25)7-13(8-16(20)26)24(2,3)35/h4-9,11-12,28,35H,10H2,1-3H3,(H2,27,33)(H,30,34). The molecular formula is C24H24F2N6O3S. The van der Waals surface area contributed by atoms with Gasteiger partial charge in [-0.3, -0.25) is 9.59 Å². The maximum Gasteiger partial charge on any atom is 0.271 e. The Morgan fingerprint density at radius 2 is 1.94 bits per heavy atom. The van der Waals surface area contributed by atoms with E-state index in [1.807, 2.05) is 0 Å². The molecule has 0 saturated heterocycles. The Hall–Kier alpha value is -3.90. The molecule has 4 aromatic rings. The second-order valence-corrected chi connectivity index (χ2v) is 9.85. The summed E-state index contributed by atoms with van der Waals surface area (Å²) in [5.74, 6) is -2.94. The summed E-state index contributed by atoms with van der Waals surface area (Å²) in [6.07, 6.45) is 3.09. The van der Waals surface area contributed by atoms with Crippen LogP contribution in [0.1, 0.15) is 47.2 Å². The predicted molar refractivity (Wildman–Crippen MR) is 132 cm³/mol. The number of amides is 2. The van der Waals surface area contributed by atoms with Crippen LogP contribution in [-0.2, 0) is 5.60 Å². The maximum absolute atomic E-state index is 14.8. The number of anilines is 1. The molecule has 3 aromatic heterocycles. The zero-order chi connectivity index (χ0) is 26.2. The van der Waals surface area contributed by atoms with Crippen molar-refractivity contribution in [2.75, 3.05) is 11.9 Å². The van der Waals surface area contributed by atoms with Crippen molar-refractivity contribution in [1.29, 1.82) is 0 Å². The molecule has 0 saturated carbocycles. The lowest BCUT2D eigenvalue weighted by atomic mass is 9.96. The number of hydrogen-bond donors (Lipinski definition) is 4. The Balaban J connectivity index is 1.50. The lowest BCUT2D eigenvalue weighted by Crippen LogP contribution is -2.37. The number of hydrogen-bond acceptors (Lipinski definition) is 7. The molecule has 0 spiro atoms. The zero-order valence-corrected chi connectivity index (χ0v) is 20.5. The van der Waals surface area contributed by atoms with Gasteiger partial charge in [-0.2, -0.15) is 5.10 Å². The molecule has 188 valence electrons. The first kappa shape index (κ1) is 25.2. The van der Waals surface area contributed by atoms with Crippen molar-refractivity contribution >= 4 is 33.8 Å². The number of primary amides is 1. The number of aromatic nitrogens is 3. The average molecular weight is 515 g/mol. The average Bonchev–Trinajstić information content (AvgIpc) is 3.41. The first-order valence-electron chi connectivity index (χ1n) is 10.9. The van der Waals surface area contributed by atoms with Gasteiger partial charge < -0.3 is 21.5 Å². The van der Waals surface area contributed by atoms with Crippen LogP contribution >= 0.6 is 11.3 Å². The number of carbonyl (C=O) groups excluding carboxylic acids is 2. The molecule has 0 radical (unpaired) electrons. The van der Waals surface area contributed by atoms with Crippen LogP contribution in [0.25, 0.3) is 16.1 Å². The van der Waals surface area contributed by atoms with Crippen molar-refractivity contribution in [2.24, 2.45) is 5.73 Å². The number of rotatable bonds is 8. The number of imidazole rings is 1. The van der Waals surface area contributed by atoms with Gasteiger partial charge in [-0.15, -0.1) is 11.3 Å². The van der Waals surface area contributed by atoms with Crippen LogP contribution in [0.5, 0.6) is 0 Å². The Labute approximate surface area is 209 Å². The van der Waals surface area contributed by atoms with Gasteiger partial charge in [-0.25, -0.2) is 18.3 Å². The van der Waals surface area contributed by atoms with Crippen molar-refractivity contribution in [1.82, 2.24) is 19.9 Å². The first-order valence-corrected chi connectivity index (χ1v) is 11.8. The molecule has 12 heteroatoms. The van der Waals surface area contributed by atoms with Crippen LogP contribution in [0.4, 0.5) is 13.8 Å². The first-order chi connectivity index (χ1) is 16.9. The van der Waals surface area contributed by atoms with Gasteiger partial charge in [0.25, 0.3) is 11.8 Å². The van der Waals surface area contributed by atoms with Crippen molar-refractivity contribution in [3.8, 4) is 10.4 Å². The van der Waals surface area contributed by atoms with E-state index in [0.29, 0.717) is 10.6 Å². The number of halogens is 2. The summed E-state index contributed by atoms with van der Waals surface area (Å²) in [6.45, 7) is 4.78. The van der Waals surface area contributed by atoms with E-state index in [1.165, 1.54) is 30.6 Å². The lowest BCUT2D eigenvalue weighted by molar-refractivity contribution is 0.0778. The highest BCUT2D eigenvalue weighted by atomic mass is 32.1. The number of fused-ring (bicyclic) bond motifs is 1. The zero-order valence-electron chi connectivity index (χ0n) is 19.7. The molecule has 0 bridgehead atoms. The summed E-state index contributed by atoms with van der Waals surface area (Å²) in [5.41, 5.74) is 4.59. The van der Waals surface area contributed by atoms with Crippen molar-refractivity contribution in [3.63, 3.8) is 0 Å². The lowest BCUT2D eigenvalue weighted by Gasteiger charge is -2.18. The van der Waals surface area contributed by atoms with E-state index in [4.69, 9.17) is 5.73 Å². The van der Waals surface area contributed by atoms with E-state index in [9.17, 15) is 23.5 Å². The molecule has 5 N–H and O–H groups in total. The highest BCUT2D eigenvalue weighted by Crippen LogP contribution is 2.39. The summed E-state index contributed by atoms with van der Waals surface area (Å²) in [7, 11) is 0. The van der Waals surface area contributed by atoms with E-state index < -0.39 is 35.1 Å². The van der Waals surface area contributed by atoms with Crippen molar-refractivity contribution in [2.45, 2.75) is 32.4 Å². The van der Waals surface area contributed by atoms with Crippen LogP contribution < -0.4 is 16.4 Å². The van der Waals surface area contributed by atoms with E-state index in [0.717, 1.165) is 23.5 Å². The normalized spacial score (nSPS) is 12.5. The van der Waals surface area contributed by atoms with Crippen LogP contribution in [0, 0.1) is 11.6 Å². The molecule has 3 heterocycles. The van der Waals surface area contributed by atoms with Gasteiger partial charge in [-0.05, 0) is 56.7 Å². The molecule has 9 nitrogen and oxygen atoms in total. The predicted octanol–water partition coefficient (Wildman–Crippen LogP) is 3.29. The molecule has 1 atom stereocenters. The highest BCUT2D eigenvalue weighted by Gasteiger charge is 2.24. The fourth-order valence-electron chi connectivity index (χ4n) is 3.53. The molecule has 0 aliphatic rings. The number of benzene rings is 1. The molecule has 0 fully saturated rings. The number of nitrogens with two attached hydrogens (primary N) is 1. The summed E-state index contributed by atoms with van der Waals surface area (Å²) in [5, 5.41) is 20.3. The third kappa shape index (κ3) is 5.19. The molecule has 0 aliphatic carbocycles. The third-order valence-electron chi connectivity index (χ3n) is 5.41. The third-order valence-corrected chi connectivity index (χ3v) is 6.52. The molecule has 4 rings (SSSR count). The monoisotopic (exact) mass is 514 g/mol. The van der Waals surface area contributed by atoms with E-state index in [1.54, 1.807) is 25.3 Å². The van der Waals surface area contributed by atoms with Crippen LogP contribution in [0.2, 0.25) is 0 Å². The molecule has 1 aromatic carbocycles. The number of thiophene rings is 1. The molecule has 36 heavy (non-hydrogen) atoms. The van der Waals surface area contributed by atoms with Crippen LogP contribution in [0.3, 0.4) is 0 Å². The smallest absolute Gasteiger partial charge is 0.271 e. The van der Waals surface area contributed by atoms with E-state index in [-0.39, 0.29) is 33.8 Å². The summed E-state index contributed by atoms with van der Waals surface area (Å²) >= 11 is 0.952. The quantitative estimate of drug-likeness (QED) is 0.285. The van der Waals surface area contributed by atoms with Crippen molar-refractivity contribution in [3.05, 3.63) is 71.2 Å². The van der Waals surface area contributed by atoms with Gasteiger partial charge in [0.1, 0.15) is 22.3 Å². The SMILES string of the molecule is CC(CNc1sc(-c2c(F)cc(C(C)(C)O)cc2F)cc1C(N)=O)NC(=O)c1cn2ncccc2n1. The Kier molecular flexibility index (Phi) is 6.74. The molecular weight excluding hydrogens is 490 g/mol. The maximum atomic E-state index is 14.8. The van der Waals surface area contributed by atoms with Crippen molar-refractivity contribution < 1.29 is 23.5 Å². The van der Waals surface area contributed by atoms with Gasteiger partial charge in [0.05, 0.1) is 22.9 Å².